The Bertz CT molecular complexity index is 1120. The minimum absolute atomic E-state index is 0.0221. The summed E-state index contributed by atoms with van der Waals surface area (Å²) in [6, 6.07) is 13.0. The number of ether oxygens (including phenoxy) is 1. The van der Waals surface area contributed by atoms with Gasteiger partial charge in [-0.05, 0) is 30.3 Å². The van der Waals surface area contributed by atoms with E-state index in [2.05, 4.69) is 10.6 Å². The predicted molar refractivity (Wildman–Crippen MR) is 106 cm³/mol. The van der Waals surface area contributed by atoms with Crippen LogP contribution in [0.15, 0.2) is 52.9 Å². The number of hydrogen-bond acceptors (Lipinski definition) is 6. The number of rotatable bonds is 6. The van der Waals surface area contributed by atoms with Crippen LogP contribution in [0.25, 0.3) is 11.0 Å². The second kappa shape index (κ2) is 8.39. The van der Waals surface area contributed by atoms with E-state index in [4.69, 9.17) is 9.15 Å². The van der Waals surface area contributed by atoms with E-state index in [1.54, 1.807) is 36.4 Å². The monoisotopic (exact) mass is 394 g/mol. The summed E-state index contributed by atoms with van der Waals surface area (Å²) in [6.45, 7) is 2.12. The molecule has 2 N–H and O–H groups in total. The Morgan fingerprint density at radius 3 is 2.45 bits per heavy atom. The zero-order valence-electron chi connectivity index (χ0n) is 15.8. The van der Waals surface area contributed by atoms with Gasteiger partial charge in [0.15, 0.2) is 18.2 Å². The average Bonchev–Trinajstić information content (AvgIpc) is 3.04. The summed E-state index contributed by atoms with van der Waals surface area (Å²) in [5, 5.41) is 5.70. The lowest BCUT2D eigenvalue weighted by Gasteiger charge is -2.08. The predicted octanol–water partition coefficient (Wildman–Crippen LogP) is 3.39. The van der Waals surface area contributed by atoms with Gasteiger partial charge in [-0.3, -0.25) is 14.4 Å². The molecule has 0 aliphatic carbocycles. The van der Waals surface area contributed by atoms with Crippen molar-refractivity contribution in [3.8, 4) is 0 Å². The SMILES string of the molecule is CC(=O)Nc1cccc(C(=O)OCC(=O)Nc2c(C(C)=O)oc3ccccc23)c1. The van der Waals surface area contributed by atoms with Crippen molar-refractivity contribution in [2.75, 3.05) is 17.2 Å². The molecule has 0 radical (unpaired) electrons. The summed E-state index contributed by atoms with van der Waals surface area (Å²) in [4.78, 5) is 47.4. The van der Waals surface area contributed by atoms with Gasteiger partial charge in [0.05, 0.1) is 11.3 Å². The largest absolute Gasteiger partial charge is 0.452 e. The molecular formula is C21H18N2O6. The lowest BCUT2D eigenvalue weighted by atomic mass is 10.2. The zero-order chi connectivity index (χ0) is 21.0. The molecule has 2 amide bonds. The first-order chi connectivity index (χ1) is 13.8. The van der Waals surface area contributed by atoms with Gasteiger partial charge in [-0.1, -0.05) is 18.2 Å². The molecule has 8 nitrogen and oxygen atoms in total. The van der Waals surface area contributed by atoms with E-state index in [1.165, 1.54) is 26.0 Å². The summed E-state index contributed by atoms with van der Waals surface area (Å²) < 4.78 is 10.5. The number of benzene rings is 2. The Balaban J connectivity index is 1.68. The van der Waals surface area contributed by atoms with E-state index in [9.17, 15) is 19.2 Å². The summed E-state index contributed by atoms with van der Waals surface area (Å²) in [6.07, 6.45) is 0. The fraction of sp³-hybridized carbons (Fsp3) is 0.143. The van der Waals surface area contributed by atoms with Gasteiger partial charge in [0, 0.05) is 24.9 Å². The third-order valence-electron chi connectivity index (χ3n) is 3.93. The second-order valence-electron chi connectivity index (χ2n) is 6.24. The smallest absolute Gasteiger partial charge is 0.338 e. The van der Waals surface area contributed by atoms with Crippen molar-refractivity contribution >= 4 is 45.9 Å². The Morgan fingerprint density at radius 2 is 1.72 bits per heavy atom. The highest BCUT2D eigenvalue weighted by Crippen LogP contribution is 2.31. The molecule has 148 valence electrons. The molecule has 3 aromatic rings. The van der Waals surface area contributed by atoms with Crippen LogP contribution in [0, 0.1) is 0 Å². The first-order valence-corrected chi connectivity index (χ1v) is 8.72. The highest BCUT2D eigenvalue weighted by Gasteiger charge is 2.20. The fourth-order valence-corrected chi connectivity index (χ4v) is 2.73. The van der Waals surface area contributed by atoms with Crippen molar-refractivity contribution in [1.82, 2.24) is 0 Å². The van der Waals surface area contributed by atoms with Crippen LogP contribution in [0.1, 0.15) is 34.8 Å². The lowest BCUT2D eigenvalue weighted by Crippen LogP contribution is -2.21. The van der Waals surface area contributed by atoms with E-state index >= 15 is 0 Å². The summed E-state index contributed by atoms with van der Waals surface area (Å²) >= 11 is 0. The first kappa shape index (κ1) is 19.8. The van der Waals surface area contributed by atoms with Crippen LogP contribution in [0.2, 0.25) is 0 Å². The molecule has 1 aromatic heterocycles. The van der Waals surface area contributed by atoms with Crippen molar-refractivity contribution in [3.05, 3.63) is 59.9 Å². The number of para-hydroxylation sites is 1. The van der Waals surface area contributed by atoms with E-state index in [0.717, 1.165) is 0 Å². The van der Waals surface area contributed by atoms with Gasteiger partial charge >= 0.3 is 5.97 Å². The number of esters is 1. The van der Waals surface area contributed by atoms with Crippen molar-refractivity contribution in [1.29, 1.82) is 0 Å². The molecule has 3 rings (SSSR count). The van der Waals surface area contributed by atoms with Crippen molar-refractivity contribution in [2.24, 2.45) is 0 Å². The van der Waals surface area contributed by atoms with Crippen LogP contribution in [0.4, 0.5) is 11.4 Å². The number of ketones is 1. The molecule has 0 aliphatic heterocycles. The molecule has 0 atom stereocenters. The van der Waals surface area contributed by atoms with E-state index in [-0.39, 0.29) is 28.7 Å². The quantitative estimate of drug-likeness (QED) is 0.489. The van der Waals surface area contributed by atoms with Gasteiger partial charge < -0.3 is 19.8 Å². The number of carbonyl (C=O) groups is 4. The normalized spacial score (nSPS) is 10.4. The summed E-state index contributed by atoms with van der Waals surface area (Å²) in [5.74, 6) is -1.94. The molecule has 1 heterocycles. The van der Waals surface area contributed by atoms with Gasteiger partial charge in [0.1, 0.15) is 5.58 Å². The minimum atomic E-state index is -0.726. The van der Waals surface area contributed by atoms with Crippen LogP contribution < -0.4 is 10.6 Å². The van der Waals surface area contributed by atoms with E-state index in [0.29, 0.717) is 16.7 Å². The van der Waals surface area contributed by atoms with E-state index in [1.807, 2.05) is 0 Å². The van der Waals surface area contributed by atoms with Crippen LogP contribution >= 0.6 is 0 Å². The number of fused-ring (bicyclic) bond motifs is 1. The highest BCUT2D eigenvalue weighted by molar-refractivity contribution is 6.11. The average molecular weight is 394 g/mol. The third-order valence-corrected chi connectivity index (χ3v) is 3.93. The number of Topliss-reactive ketones (excluding diaryl/α,β-unsaturated/α-hetero) is 1. The number of anilines is 2. The molecular weight excluding hydrogens is 376 g/mol. The molecule has 0 bridgehead atoms. The van der Waals surface area contributed by atoms with Crippen LogP contribution in [-0.2, 0) is 14.3 Å². The van der Waals surface area contributed by atoms with Gasteiger partial charge in [0.2, 0.25) is 5.91 Å². The Labute approximate surface area is 165 Å². The van der Waals surface area contributed by atoms with E-state index < -0.39 is 18.5 Å². The Kier molecular flexibility index (Phi) is 5.73. The molecule has 0 spiro atoms. The lowest BCUT2D eigenvalue weighted by molar-refractivity contribution is -0.119. The molecule has 0 unspecified atom stereocenters. The fourth-order valence-electron chi connectivity index (χ4n) is 2.73. The number of amides is 2. The maximum atomic E-state index is 12.3. The van der Waals surface area contributed by atoms with Crippen LogP contribution in [0.3, 0.4) is 0 Å². The van der Waals surface area contributed by atoms with Gasteiger partial charge in [-0.15, -0.1) is 0 Å². The molecule has 0 saturated heterocycles. The third kappa shape index (κ3) is 4.67. The van der Waals surface area contributed by atoms with Gasteiger partial charge in [-0.2, -0.15) is 0 Å². The van der Waals surface area contributed by atoms with Gasteiger partial charge in [0.25, 0.3) is 5.91 Å². The first-order valence-electron chi connectivity index (χ1n) is 8.72. The molecule has 2 aromatic carbocycles. The molecule has 8 heteroatoms. The number of hydrogen-bond donors (Lipinski definition) is 2. The van der Waals surface area contributed by atoms with Crippen molar-refractivity contribution in [2.45, 2.75) is 13.8 Å². The Morgan fingerprint density at radius 1 is 0.966 bits per heavy atom. The van der Waals surface area contributed by atoms with Crippen molar-refractivity contribution < 1.29 is 28.3 Å². The second-order valence-corrected chi connectivity index (χ2v) is 6.24. The summed E-state index contributed by atoms with van der Waals surface area (Å²) in [5.41, 5.74) is 1.32. The molecule has 0 saturated carbocycles. The molecule has 0 fully saturated rings. The topological polar surface area (TPSA) is 115 Å². The zero-order valence-corrected chi connectivity index (χ0v) is 15.8. The maximum absolute atomic E-state index is 12.3. The number of furan rings is 1. The summed E-state index contributed by atoms with van der Waals surface area (Å²) in [7, 11) is 0. The molecule has 0 aliphatic rings. The Hall–Kier alpha value is -3.94. The maximum Gasteiger partial charge on any atom is 0.338 e. The number of nitrogens with one attached hydrogen (secondary N) is 2. The van der Waals surface area contributed by atoms with Gasteiger partial charge in [-0.25, -0.2) is 4.79 Å². The van der Waals surface area contributed by atoms with Crippen LogP contribution in [-0.4, -0.2) is 30.2 Å². The number of carbonyl (C=O) groups excluding carboxylic acids is 4. The minimum Gasteiger partial charge on any atom is -0.452 e. The molecule has 29 heavy (non-hydrogen) atoms. The highest BCUT2D eigenvalue weighted by atomic mass is 16.5. The standard InChI is InChI=1S/C21H18N2O6/c1-12(24)20-19(16-8-3-4-9-17(16)29-20)23-18(26)11-28-21(27)14-6-5-7-15(10-14)22-13(2)25/h3-10H,11H2,1-2H3,(H,22,25)(H,23,26). The van der Waals surface area contributed by atoms with Crippen LogP contribution in [0.5, 0.6) is 0 Å². The van der Waals surface area contributed by atoms with Crippen molar-refractivity contribution in [3.63, 3.8) is 0 Å².